The number of aliphatic carboxylic acids is 1. The molecule has 2 aromatic carbocycles. The predicted octanol–water partition coefficient (Wildman–Crippen LogP) is 3.33. The Labute approximate surface area is 171 Å². The highest BCUT2D eigenvalue weighted by atomic mass is 16.6. The Morgan fingerprint density at radius 2 is 1.93 bits per heavy atom. The van der Waals surface area contributed by atoms with E-state index in [1.807, 2.05) is 0 Å². The van der Waals surface area contributed by atoms with Gasteiger partial charge >= 0.3 is 5.97 Å². The predicted molar refractivity (Wildman–Crippen MR) is 112 cm³/mol. The van der Waals surface area contributed by atoms with Crippen molar-refractivity contribution in [1.82, 2.24) is 10.2 Å². The van der Waals surface area contributed by atoms with Crippen molar-refractivity contribution in [2.75, 3.05) is 11.4 Å². The molecule has 2 heterocycles. The molecular weight excluding hydrogens is 388 g/mol. The van der Waals surface area contributed by atoms with Crippen molar-refractivity contribution < 1.29 is 14.8 Å². The van der Waals surface area contributed by atoms with Crippen molar-refractivity contribution in [1.29, 1.82) is 0 Å². The molecule has 1 unspecified atom stereocenters. The minimum absolute atomic E-state index is 0.183. The number of H-pyrrole nitrogens is 1. The van der Waals surface area contributed by atoms with Gasteiger partial charge in [0.25, 0.3) is 11.2 Å². The van der Waals surface area contributed by atoms with E-state index in [-0.39, 0.29) is 16.9 Å². The Hall–Kier alpha value is -3.75. The first kappa shape index (κ1) is 19.6. The van der Waals surface area contributed by atoms with Crippen LogP contribution in [0, 0.1) is 10.1 Å². The Bertz CT molecular complexity index is 1190. The standard InChI is InChI=1S/C21H20N4O5/c26-20-15-7-4-3-6-14(15)19(22-23-20)13-9-10-16(18(12-13)25(29)30)24-11-5-1-2-8-17(24)21(27)28/h3-4,6-7,9-10,12,17H,1-2,5,8,11H2,(H,23,26)(H,27,28). The van der Waals surface area contributed by atoms with E-state index in [1.54, 1.807) is 41.3 Å². The van der Waals surface area contributed by atoms with Gasteiger partial charge in [-0.2, -0.15) is 5.10 Å². The summed E-state index contributed by atoms with van der Waals surface area (Å²) in [6.07, 6.45) is 2.88. The molecule has 1 atom stereocenters. The number of nitro groups is 1. The van der Waals surface area contributed by atoms with Crippen molar-refractivity contribution in [2.24, 2.45) is 0 Å². The molecule has 2 N–H and O–H groups in total. The zero-order chi connectivity index (χ0) is 21.3. The van der Waals surface area contributed by atoms with Gasteiger partial charge in [-0.25, -0.2) is 9.89 Å². The van der Waals surface area contributed by atoms with Gasteiger partial charge in [-0.1, -0.05) is 37.1 Å². The second kappa shape index (κ2) is 7.94. The van der Waals surface area contributed by atoms with Gasteiger partial charge in [0.2, 0.25) is 0 Å². The molecule has 0 bridgehead atoms. The summed E-state index contributed by atoms with van der Waals surface area (Å²) in [6, 6.07) is 10.8. The number of benzene rings is 2. The number of rotatable bonds is 4. The topological polar surface area (TPSA) is 129 Å². The molecule has 30 heavy (non-hydrogen) atoms. The Morgan fingerprint density at radius 1 is 1.17 bits per heavy atom. The summed E-state index contributed by atoms with van der Waals surface area (Å²) in [7, 11) is 0. The highest BCUT2D eigenvalue weighted by molar-refractivity contribution is 5.94. The first-order valence-electron chi connectivity index (χ1n) is 9.73. The second-order valence-electron chi connectivity index (χ2n) is 7.30. The summed E-state index contributed by atoms with van der Waals surface area (Å²) in [5, 5.41) is 29.1. The summed E-state index contributed by atoms with van der Waals surface area (Å²) < 4.78 is 0. The summed E-state index contributed by atoms with van der Waals surface area (Å²) in [6.45, 7) is 0.441. The summed E-state index contributed by atoms with van der Waals surface area (Å²) in [5.41, 5.74) is 0.656. The third-order valence-electron chi connectivity index (χ3n) is 5.49. The lowest BCUT2D eigenvalue weighted by atomic mass is 10.0. The zero-order valence-corrected chi connectivity index (χ0v) is 16.1. The lowest BCUT2D eigenvalue weighted by molar-refractivity contribution is -0.384. The van der Waals surface area contributed by atoms with E-state index in [0.717, 1.165) is 19.3 Å². The third-order valence-corrected chi connectivity index (χ3v) is 5.49. The zero-order valence-electron chi connectivity index (χ0n) is 16.1. The monoisotopic (exact) mass is 408 g/mol. The summed E-state index contributed by atoms with van der Waals surface area (Å²) in [5.74, 6) is -0.983. The number of nitrogens with zero attached hydrogens (tertiary/aromatic N) is 3. The van der Waals surface area contributed by atoms with Crippen molar-refractivity contribution in [3.8, 4) is 11.3 Å². The van der Waals surface area contributed by atoms with Crippen LogP contribution < -0.4 is 10.5 Å². The number of hydrogen-bond acceptors (Lipinski definition) is 6. The van der Waals surface area contributed by atoms with Gasteiger partial charge in [-0.15, -0.1) is 0 Å². The van der Waals surface area contributed by atoms with Gasteiger partial charge in [-0.05, 0) is 25.0 Å². The average Bonchev–Trinajstić information content (AvgIpc) is 3.00. The molecule has 9 heteroatoms. The van der Waals surface area contributed by atoms with E-state index in [4.69, 9.17) is 0 Å². The first-order chi connectivity index (χ1) is 14.5. The molecule has 4 rings (SSSR count). The second-order valence-corrected chi connectivity index (χ2v) is 7.30. The number of carbonyl (C=O) groups is 1. The molecule has 154 valence electrons. The highest BCUT2D eigenvalue weighted by Crippen LogP contribution is 2.36. The number of anilines is 1. The maximum absolute atomic E-state index is 12.0. The smallest absolute Gasteiger partial charge is 0.326 e. The lowest BCUT2D eigenvalue weighted by Gasteiger charge is -2.28. The van der Waals surface area contributed by atoms with Crippen LogP contribution in [0.2, 0.25) is 0 Å². The van der Waals surface area contributed by atoms with E-state index in [2.05, 4.69) is 10.2 Å². The number of aromatic nitrogens is 2. The van der Waals surface area contributed by atoms with Crippen LogP contribution in [0.1, 0.15) is 25.7 Å². The fraction of sp³-hybridized carbons (Fsp3) is 0.286. The highest BCUT2D eigenvalue weighted by Gasteiger charge is 2.32. The van der Waals surface area contributed by atoms with Gasteiger partial charge in [0.1, 0.15) is 11.7 Å². The molecule has 0 aliphatic carbocycles. The number of carboxylic acids is 1. The van der Waals surface area contributed by atoms with Crippen LogP contribution in [0.4, 0.5) is 11.4 Å². The molecule has 1 saturated heterocycles. The van der Waals surface area contributed by atoms with Crippen LogP contribution in [0.15, 0.2) is 47.3 Å². The number of fused-ring (bicyclic) bond motifs is 1. The van der Waals surface area contributed by atoms with E-state index in [9.17, 15) is 24.8 Å². The number of aromatic amines is 1. The van der Waals surface area contributed by atoms with E-state index in [1.165, 1.54) is 6.07 Å². The molecular formula is C21H20N4O5. The minimum Gasteiger partial charge on any atom is -0.480 e. The van der Waals surface area contributed by atoms with Gasteiger partial charge in [0, 0.05) is 23.6 Å². The van der Waals surface area contributed by atoms with Gasteiger partial charge in [0.15, 0.2) is 0 Å². The molecule has 0 radical (unpaired) electrons. The van der Waals surface area contributed by atoms with Crippen LogP contribution in [0.25, 0.3) is 22.0 Å². The molecule has 3 aromatic rings. The summed E-state index contributed by atoms with van der Waals surface area (Å²) >= 11 is 0. The van der Waals surface area contributed by atoms with Gasteiger partial charge in [-0.3, -0.25) is 14.9 Å². The van der Waals surface area contributed by atoms with E-state index >= 15 is 0 Å². The Balaban J connectivity index is 1.86. The number of nitro benzene ring substituents is 1. The normalized spacial score (nSPS) is 16.9. The Kier molecular flexibility index (Phi) is 5.18. The molecule has 1 aliphatic rings. The Morgan fingerprint density at radius 3 is 2.67 bits per heavy atom. The van der Waals surface area contributed by atoms with Crippen molar-refractivity contribution in [2.45, 2.75) is 31.7 Å². The number of hydrogen-bond donors (Lipinski definition) is 2. The van der Waals surface area contributed by atoms with Crippen LogP contribution in [0.3, 0.4) is 0 Å². The maximum Gasteiger partial charge on any atom is 0.326 e. The summed E-state index contributed by atoms with van der Waals surface area (Å²) in [4.78, 5) is 36.8. The number of carboxylic acid groups (broad SMARTS) is 1. The molecule has 1 aromatic heterocycles. The van der Waals surface area contributed by atoms with Crippen LogP contribution >= 0.6 is 0 Å². The largest absolute Gasteiger partial charge is 0.480 e. The molecule has 9 nitrogen and oxygen atoms in total. The average molecular weight is 408 g/mol. The van der Waals surface area contributed by atoms with Crippen LogP contribution in [-0.2, 0) is 4.79 Å². The first-order valence-corrected chi connectivity index (χ1v) is 9.73. The fourth-order valence-electron chi connectivity index (χ4n) is 4.05. The van der Waals surface area contributed by atoms with E-state index in [0.29, 0.717) is 35.0 Å². The SMILES string of the molecule is O=C(O)C1CCCCCN1c1ccc(-c2n[nH]c(=O)c3ccccc23)cc1[N+](=O)[O-]. The molecule has 1 fully saturated rings. The molecule has 0 amide bonds. The minimum atomic E-state index is -0.983. The number of nitrogens with one attached hydrogen (secondary N) is 1. The molecule has 0 spiro atoms. The van der Waals surface area contributed by atoms with Crippen LogP contribution in [0.5, 0.6) is 0 Å². The molecule has 1 aliphatic heterocycles. The quantitative estimate of drug-likeness (QED) is 0.500. The van der Waals surface area contributed by atoms with E-state index < -0.39 is 16.9 Å². The van der Waals surface area contributed by atoms with Crippen molar-refractivity contribution in [3.63, 3.8) is 0 Å². The fourth-order valence-corrected chi connectivity index (χ4v) is 4.05. The van der Waals surface area contributed by atoms with Gasteiger partial charge < -0.3 is 10.0 Å². The van der Waals surface area contributed by atoms with Gasteiger partial charge in [0.05, 0.1) is 16.0 Å². The molecule has 0 saturated carbocycles. The van der Waals surface area contributed by atoms with Crippen molar-refractivity contribution >= 4 is 28.1 Å². The maximum atomic E-state index is 12.0. The van der Waals surface area contributed by atoms with Crippen LogP contribution in [-0.4, -0.2) is 38.8 Å². The third kappa shape index (κ3) is 3.49. The lowest BCUT2D eigenvalue weighted by Crippen LogP contribution is -2.41. The van der Waals surface area contributed by atoms with Crippen molar-refractivity contribution in [3.05, 3.63) is 62.9 Å².